The molecule has 7 heteroatoms. The summed E-state index contributed by atoms with van der Waals surface area (Å²) < 4.78 is 1.01. The summed E-state index contributed by atoms with van der Waals surface area (Å²) in [5, 5.41) is 3.83. The van der Waals surface area contributed by atoms with E-state index in [-0.39, 0.29) is 17.0 Å². The van der Waals surface area contributed by atoms with Crippen LogP contribution in [0.1, 0.15) is 41.1 Å². The first-order chi connectivity index (χ1) is 12.9. The highest BCUT2D eigenvalue weighted by atomic mass is 79.9. The van der Waals surface area contributed by atoms with Gasteiger partial charge in [0.1, 0.15) is 10.7 Å². The average molecular weight is 446 g/mol. The van der Waals surface area contributed by atoms with Gasteiger partial charge in [0.15, 0.2) is 0 Å². The number of fused-ring (bicyclic) bond motifs is 1. The zero-order valence-electron chi connectivity index (χ0n) is 15.2. The summed E-state index contributed by atoms with van der Waals surface area (Å²) in [7, 11) is 0. The number of benzene rings is 1. The fourth-order valence-corrected chi connectivity index (χ4v) is 4.82. The first kappa shape index (κ1) is 18.4. The molecule has 1 fully saturated rings. The number of aromatic nitrogens is 2. The number of amides is 1. The molecule has 1 amide bonds. The van der Waals surface area contributed by atoms with Crippen molar-refractivity contribution >= 4 is 43.4 Å². The van der Waals surface area contributed by atoms with Crippen LogP contribution in [0.4, 0.5) is 0 Å². The molecule has 0 spiro atoms. The van der Waals surface area contributed by atoms with Gasteiger partial charge in [0.25, 0.3) is 5.56 Å². The molecule has 1 aliphatic carbocycles. The van der Waals surface area contributed by atoms with E-state index in [0.717, 1.165) is 38.1 Å². The van der Waals surface area contributed by atoms with Gasteiger partial charge in [-0.2, -0.15) is 0 Å². The smallest absolute Gasteiger partial charge is 0.259 e. The Morgan fingerprint density at radius 2 is 2.15 bits per heavy atom. The fraction of sp³-hybridized carbons (Fsp3) is 0.350. The maximum absolute atomic E-state index is 12.5. The number of H-pyrrole nitrogens is 1. The van der Waals surface area contributed by atoms with E-state index >= 15 is 0 Å². The van der Waals surface area contributed by atoms with Crippen LogP contribution in [0, 0.1) is 13.8 Å². The van der Waals surface area contributed by atoms with Gasteiger partial charge in [0.2, 0.25) is 5.91 Å². The number of halogens is 1. The average Bonchev–Trinajstić information content (AvgIpc) is 3.34. The van der Waals surface area contributed by atoms with Crippen molar-refractivity contribution in [3.8, 4) is 0 Å². The minimum absolute atomic E-state index is 0.0197. The third-order valence-electron chi connectivity index (χ3n) is 5.18. The molecule has 0 saturated heterocycles. The Morgan fingerprint density at radius 3 is 2.85 bits per heavy atom. The van der Waals surface area contributed by atoms with Crippen LogP contribution in [0.2, 0.25) is 0 Å². The third kappa shape index (κ3) is 3.58. The normalized spacial score (nSPS) is 15.1. The van der Waals surface area contributed by atoms with Crippen LogP contribution in [-0.2, 0) is 16.8 Å². The molecule has 27 heavy (non-hydrogen) atoms. The molecule has 3 aromatic rings. The van der Waals surface area contributed by atoms with Crippen molar-refractivity contribution in [1.82, 2.24) is 15.3 Å². The molecule has 2 heterocycles. The molecule has 5 nitrogen and oxygen atoms in total. The van der Waals surface area contributed by atoms with Crippen molar-refractivity contribution in [3.63, 3.8) is 0 Å². The molecular weight excluding hydrogens is 426 g/mol. The number of thiophene rings is 1. The summed E-state index contributed by atoms with van der Waals surface area (Å²) in [6, 6.07) is 8.07. The summed E-state index contributed by atoms with van der Waals surface area (Å²) in [6.07, 6.45) is 2.61. The quantitative estimate of drug-likeness (QED) is 0.620. The lowest BCUT2D eigenvalue weighted by molar-refractivity contribution is -0.122. The van der Waals surface area contributed by atoms with Gasteiger partial charge in [-0.25, -0.2) is 4.98 Å². The van der Waals surface area contributed by atoms with Gasteiger partial charge in [-0.3, -0.25) is 9.59 Å². The molecule has 140 valence electrons. The topological polar surface area (TPSA) is 74.8 Å². The molecule has 2 N–H and O–H groups in total. The highest BCUT2D eigenvalue weighted by Gasteiger charge is 2.45. The predicted octanol–water partition coefficient (Wildman–Crippen LogP) is 4.10. The second-order valence-electron chi connectivity index (χ2n) is 7.12. The summed E-state index contributed by atoms with van der Waals surface area (Å²) in [5.74, 6) is 0.546. The number of carbonyl (C=O) groups excluding carboxylic acids is 1. The Hall–Kier alpha value is -1.99. The maximum atomic E-state index is 12.5. The summed E-state index contributed by atoms with van der Waals surface area (Å²) in [5.41, 5.74) is 1.75. The standard InChI is InChI=1S/C20H20BrN3O2S/c1-11-12(2)27-19-17(11)18(26)22-15(23-19)6-7-16(25)24-20(8-9-20)13-4-3-5-14(21)10-13/h3-5,10H,6-9H2,1-2H3,(H,24,25)(H,22,23,26). The molecule has 0 radical (unpaired) electrons. The molecule has 1 saturated carbocycles. The molecule has 0 aliphatic heterocycles. The van der Waals surface area contributed by atoms with Crippen LogP contribution in [0.25, 0.3) is 10.2 Å². The van der Waals surface area contributed by atoms with E-state index in [1.165, 1.54) is 11.3 Å². The zero-order valence-corrected chi connectivity index (χ0v) is 17.6. The van der Waals surface area contributed by atoms with Gasteiger partial charge in [-0.15, -0.1) is 11.3 Å². The number of hydrogen-bond donors (Lipinski definition) is 2. The number of aryl methyl sites for hydroxylation is 3. The van der Waals surface area contributed by atoms with Crippen LogP contribution in [0.5, 0.6) is 0 Å². The highest BCUT2D eigenvalue weighted by Crippen LogP contribution is 2.46. The molecule has 0 unspecified atom stereocenters. The molecular formula is C20H20BrN3O2S. The van der Waals surface area contributed by atoms with Gasteiger partial charge in [0.05, 0.1) is 10.9 Å². The first-order valence-corrected chi connectivity index (χ1v) is 10.5. The summed E-state index contributed by atoms with van der Waals surface area (Å²) >= 11 is 5.01. The minimum atomic E-state index is -0.242. The molecule has 2 aromatic heterocycles. The lowest BCUT2D eigenvalue weighted by Gasteiger charge is -2.18. The number of nitrogens with zero attached hydrogens (tertiary/aromatic N) is 1. The van der Waals surface area contributed by atoms with Crippen molar-refractivity contribution in [3.05, 3.63) is 60.9 Å². The third-order valence-corrected chi connectivity index (χ3v) is 6.78. The molecule has 0 atom stereocenters. The van der Waals surface area contributed by atoms with E-state index in [0.29, 0.717) is 24.1 Å². The molecule has 1 aromatic carbocycles. The van der Waals surface area contributed by atoms with Crippen LogP contribution < -0.4 is 10.9 Å². The SMILES string of the molecule is Cc1sc2nc(CCC(=O)NC3(c4cccc(Br)c4)CC3)[nH]c(=O)c2c1C. The monoisotopic (exact) mass is 445 g/mol. The van der Waals surface area contributed by atoms with E-state index in [4.69, 9.17) is 0 Å². The highest BCUT2D eigenvalue weighted by molar-refractivity contribution is 9.10. The van der Waals surface area contributed by atoms with Crippen LogP contribution in [-0.4, -0.2) is 15.9 Å². The minimum Gasteiger partial charge on any atom is -0.347 e. The van der Waals surface area contributed by atoms with E-state index < -0.39 is 0 Å². The van der Waals surface area contributed by atoms with Crippen molar-refractivity contribution in [1.29, 1.82) is 0 Å². The largest absolute Gasteiger partial charge is 0.347 e. The van der Waals surface area contributed by atoms with Crippen LogP contribution >= 0.6 is 27.3 Å². The van der Waals surface area contributed by atoms with Gasteiger partial charge in [-0.05, 0) is 49.9 Å². The number of nitrogens with one attached hydrogen (secondary N) is 2. The number of rotatable bonds is 5. The summed E-state index contributed by atoms with van der Waals surface area (Å²) in [6.45, 7) is 3.93. The predicted molar refractivity (Wildman–Crippen MR) is 111 cm³/mol. The fourth-order valence-electron chi connectivity index (χ4n) is 3.38. The second kappa shape index (κ2) is 6.87. The van der Waals surface area contributed by atoms with E-state index in [1.54, 1.807) is 0 Å². The number of hydrogen-bond acceptors (Lipinski definition) is 4. The lowest BCUT2D eigenvalue weighted by Crippen LogP contribution is -2.35. The van der Waals surface area contributed by atoms with E-state index in [9.17, 15) is 9.59 Å². The summed E-state index contributed by atoms with van der Waals surface area (Å²) in [4.78, 5) is 34.1. The lowest BCUT2D eigenvalue weighted by atomic mass is 10.0. The van der Waals surface area contributed by atoms with Gasteiger partial charge >= 0.3 is 0 Å². The van der Waals surface area contributed by atoms with E-state index in [2.05, 4.69) is 37.3 Å². The Balaban J connectivity index is 1.45. The van der Waals surface area contributed by atoms with E-state index in [1.807, 2.05) is 32.0 Å². The second-order valence-corrected chi connectivity index (χ2v) is 9.24. The van der Waals surface area contributed by atoms with Gasteiger partial charge < -0.3 is 10.3 Å². The Morgan fingerprint density at radius 1 is 1.37 bits per heavy atom. The molecule has 4 rings (SSSR count). The van der Waals surface area contributed by atoms with Crippen molar-refractivity contribution in [2.75, 3.05) is 0 Å². The molecule has 1 aliphatic rings. The van der Waals surface area contributed by atoms with Crippen LogP contribution in [0.15, 0.2) is 33.5 Å². The Labute approximate surface area is 169 Å². The number of carbonyl (C=O) groups is 1. The van der Waals surface area contributed by atoms with Gasteiger partial charge in [-0.1, -0.05) is 28.1 Å². The Kier molecular flexibility index (Phi) is 4.68. The maximum Gasteiger partial charge on any atom is 0.259 e. The van der Waals surface area contributed by atoms with Crippen molar-refractivity contribution in [2.24, 2.45) is 0 Å². The molecule has 0 bridgehead atoms. The number of aromatic amines is 1. The van der Waals surface area contributed by atoms with Crippen LogP contribution in [0.3, 0.4) is 0 Å². The zero-order chi connectivity index (χ0) is 19.2. The first-order valence-electron chi connectivity index (χ1n) is 8.94. The van der Waals surface area contributed by atoms with Gasteiger partial charge in [0, 0.05) is 22.2 Å². The van der Waals surface area contributed by atoms with Crippen molar-refractivity contribution < 1.29 is 4.79 Å². The van der Waals surface area contributed by atoms with Crippen molar-refractivity contribution in [2.45, 2.75) is 45.1 Å². The Bertz CT molecular complexity index is 1100.